The van der Waals surface area contributed by atoms with Crippen LogP contribution in [0.4, 0.5) is 0 Å². The number of ether oxygens (including phenoxy) is 5. The molecule has 2 fully saturated rings. The normalized spacial score (nSPS) is 25.9. The number of benzene rings is 3. The van der Waals surface area contributed by atoms with Crippen LogP contribution in [0.1, 0.15) is 23.6 Å². The van der Waals surface area contributed by atoms with Crippen LogP contribution in [-0.4, -0.2) is 56.5 Å². The van der Waals surface area contributed by atoms with Crippen molar-refractivity contribution in [3.05, 3.63) is 95.6 Å². The van der Waals surface area contributed by atoms with E-state index in [2.05, 4.69) is 12.1 Å². The molecule has 2 saturated heterocycles. The number of fused-ring (bicyclic) bond motifs is 2. The van der Waals surface area contributed by atoms with Gasteiger partial charge in [0.25, 0.3) is 0 Å². The molecule has 5 rings (SSSR count). The SMILES string of the molecule is COc1ccc(C(OC[C@]23CO[C@@H](C2O)[C@H](C)O3)(c2ccccc2)c2ccc(OC)cc2)cc1. The average Bonchev–Trinajstić information content (AvgIpc) is 3.33. The van der Waals surface area contributed by atoms with E-state index < -0.39 is 17.3 Å². The Kier molecular flexibility index (Phi) is 6.08. The van der Waals surface area contributed by atoms with Crippen molar-refractivity contribution in [2.75, 3.05) is 27.4 Å². The molecule has 178 valence electrons. The van der Waals surface area contributed by atoms with E-state index in [1.54, 1.807) is 14.2 Å². The largest absolute Gasteiger partial charge is 0.497 e. The van der Waals surface area contributed by atoms with Gasteiger partial charge in [0.05, 0.1) is 33.5 Å². The van der Waals surface area contributed by atoms with Crippen LogP contribution >= 0.6 is 0 Å². The first-order valence-corrected chi connectivity index (χ1v) is 11.5. The van der Waals surface area contributed by atoms with Crippen molar-refractivity contribution in [1.82, 2.24) is 0 Å². The molecule has 6 nitrogen and oxygen atoms in total. The summed E-state index contributed by atoms with van der Waals surface area (Å²) in [6, 6.07) is 25.8. The topological polar surface area (TPSA) is 66.4 Å². The molecule has 2 bridgehead atoms. The third-order valence-electron chi connectivity index (χ3n) is 6.96. The fourth-order valence-electron chi connectivity index (χ4n) is 5.11. The van der Waals surface area contributed by atoms with Crippen molar-refractivity contribution < 1.29 is 28.8 Å². The Morgan fingerprint density at radius 3 is 1.82 bits per heavy atom. The van der Waals surface area contributed by atoms with Gasteiger partial charge in [-0.2, -0.15) is 0 Å². The minimum atomic E-state index is -0.971. The summed E-state index contributed by atoms with van der Waals surface area (Å²) in [7, 11) is 3.30. The minimum absolute atomic E-state index is 0.155. The molecule has 4 atom stereocenters. The first-order valence-electron chi connectivity index (χ1n) is 11.5. The monoisotopic (exact) mass is 462 g/mol. The highest BCUT2D eigenvalue weighted by Crippen LogP contribution is 2.45. The summed E-state index contributed by atoms with van der Waals surface area (Å²) in [4.78, 5) is 0. The predicted molar refractivity (Wildman–Crippen MR) is 127 cm³/mol. The summed E-state index contributed by atoms with van der Waals surface area (Å²) in [6.45, 7) is 2.37. The molecule has 6 heteroatoms. The third kappa shape index (κ3) is 3.67. The summed E-state index contributed by atoms with van der Waals surface area (Å²) < 4.78 is 29.7. The first-order chi connectivity index (χ1) is 16.5. The Bertz CT molecular complexity index is 1050. The smallest absolute Gasteiger partial charge is 0.143 e. The summed E-state index contributed by atoms with van der Waals surface area (Å²) in [6.07, 6.45) is -1.28. The summed E-state index contributed by atoms with van der Waals surface area (Å²) in [5.74, 6) is 1.52. The van der Waals surface area contributed by atoms with Crippen LogP contribution < -0.4 is 9.47 Å². The van der Waals surface area contributed by atoms with Gasteiger partial charge in [-0.1, -0.05) is 54.6 Å². The Morgan fingerprint density at radius 2 is 1.38 bits per heavy atom. The molecule has 2 aliphatic heterocycles. The number of hydrogen-bond donors (Lipinski definition) is 1. The maximum absolute atomic E-state index is 10.9. The molecule has 0 spiro atoms. The van der Waals surface area contributed by atoms with E-state index in [1.165, 1.54) is 0 Å². The van der Waals surface area contributed by atoms with E-state index in [-0.39, 0.29) is 18.8 Å². The lowest BCUT2D eigenvalue weighted by Crippen LogP contribution is -2.48. The number of rotatable bonds is 8. The molecule has 1 N–H and O–H groups in total. The second kappa shape index (κ2) is 9.04. The summed E-state index contributed by atoms with van der Waals surface area (Å²) in [5.41, 5.74) is 0.928. The van der Waals surface area contributed by atoms with Gasteiger partial charge in [0.15, 0.2) is 0 Å². The van der Waals surface area contributed by atoms with Gasteiger partial charge in [-0.25, -0.2) is 0 Å². The van der Waals surface area contributed by atoms with Gasteiger partial charge in [0.2, 0.25) is 0 Å². The molecular weight excluding hydrogens is 432 g/mol. The lowest BCUT2D eigenvalue weighted by atomic mass is 9.79. The quantitative estimate of drug-likeness (QED) is 0.512. The molecule has 0 aliphatic carbocycles. The fraction of sp³-hybridized carbons (Fsp3) is 0.357. The van der Waals surface area contributed by atoms with Crippen molar-refractivity contribution in [3.63, 3.8) is 0 Å². The third-order valence-corrected chi connectivity index (χ3v) is 6.96. The van der Waals surface area contributed by atoms with E-state index in [0.29, 0.717) is 6.61 Å². The highest BCUT2D eigenvalue weighted by Gasteiger charge is 2.60. The lowest BCUT2D eigenvalue weighted by Gasteiger charge is -2.39. The molecule has 2 aliphatic rings. The Hall–Kier alpha value is -2.90. The molecule has 3 aromatic carbocycles. The van der Waals surface area contributed by atoms with E-state index in [4.69, 9.17) is 23.7 Å². The van der Waals surface area contributed by atoms with Crippen LogP contribution in [0.2, 0.25) is 0 Å². The van der Waals surface area contributed by atoms with E-state index in [9.17, 15) is 5.11 Å². The zero-order valence-corrected chi connectivity index (χ0v) is 19.6. The number of aliphatic hydroxyl groups excluding tert-OH is 1. The molecule has 0 saturated carbocycles. The average molecular weight is 463 g/mol. The predicted octanol–water partition coefficient (Wildman–Crippen LogP) is 3.93. The Labute approximate surface area is 200 Å². The molecule has 1 unspecified atom stereocenters. The van der Waals surface area contributed by atoms with Crippen molar-refractivity contribution >= 4 is 0 Å². The van der Waals surface area contributed by atoms with Crippen LogP contribution in [0.25, 0.3) is 0 Å². The molecule has 3 aromatic rings. The molecule has 0 amide bonds. The zero-order valence-electron chi connectivity index (χ0n) is 19.6. The second-order valence-corrected chi connectivity index (χ2v) is 8.90. The van der Waals surface area contributed by atoms with Crippen LogP contribution in [0, 0.1) is 0 Å². The fourth-order valence-corrected chi connectivity index (χ4v) is 5.11. The van der Waals surface area contributed by atoms with Crippen molar-refractivity contribution in [1.29, 1.82) is 0 Å². The van der Waals surface area contributed by atoms with Gasteiger partial charge >= 0.3 is 0 Å². The van der Waals surface area contributed by atoms with E-state index >= 15 is 0 Å². The van der Waals surface area contributed by atoms with Crippen LogP contribution in [-0.2, 0) is 19.8 Å². The lowest BCUT2D eigenvalue weighted by molar-refractivity contribution is -0.178. The molecule has 0 radical (unpaired) electrons. The maximum atomic E-state index is 10.9. The summed E-state index contributed by atoms with van der Waals surface area (Å²) in [5, 5.41) is 10.9. The Balaban J connectivity index is 1.64. The van der Waals surface area contributed by atoms with Gasteiger partial charge in [-0.05, 0) is 47.9 Å². The summed E-state index contributed by atoms with van der Waals surface area (Å²) >= 11 is 0. The van der Waals surface area contributed by atoms with Crippen molar-refractivity contribution in [3.8, 4) is 11.5 Å². The van der Waals surface area contributed by atoms with Gasteiger partial charge in [0, 0.05) is 0 Å². The zero-order chi connectivity index (χ0) is 23.8. The van der Waals surface area contributed by atoms with Crippen molar-refractivity contribution in [2.45, 2.75) is 36.4 Å². The first kappa shape index (κ1) is 22.9. The van der Waals surface area contributed by atoms with Crippen LogP contribution in [0.3, 0.4) is 0 Å². The van der Waals surface area contributed by atoms with Gasteiger partial charge in [-0.15, -0.1) is 0 Å². The molecule has 0 aromatic heterocycles. The van der Waals surface area contributed by atoms with E-state index in [1.807, 2.05) is 73.7 Å². The number of methoxy groups -OCH3 is 2. The maximum Gasteiger partial charge on any atom is 0.143 e. The number of aliphatic hydroxyl groups is 1. The minimum Gasteiger partial charge on any atom is -0.497 e. The van der Waals surface area contributed by atoms with Crippen molar-refractivity contribution in [2.24, 2.45) is 0 Å². The van der Waals surface area contributed by atoms with Gasteiger partial charge in [0.1, 0.15) is 34.9 Å². The van der Waals surface area contributed by atoms with E-state index in [0.717, 1.165) is 28.2 Å². The van der Waals surface area contributed by atoms with Crippen LogP contribution in [0.5, 0.6) is 11.5 Å². The van der Waals surface area contributed by atoms with Crippen LogP contribution in [0.15, 0.2) is 78.9 Å². The van der Waals surface area contributed by atoms with Gasteiger partial charge < -0.3 is 28.8 Å². The second-order valence-electron chi connectivity index (χ2n) is 8.90. The molecular formula is C28H30O6. The van der Waals surface area contributed by atoms with Gasteiger partial charge in [-0.3, -0.25) is 0 Å². The Morgan fingerprint density at radius 1 is 0.853 bits per heavy atom. The highest BCUT2D eigenvalue weighted by molar-refractivity contribution is 5.49. The highest BCUT2D eigenvalue weighted by atomic mass is 16.7. The molecule has 34 heavy (non-hydrogen) atoms. The number of hydrogen-bond acceptors (Lipinski definition) is 6. The standard InChI is InChI=1S/C28H30O6/c1-19-25-26(29)27(34-19,17-32-25)18-33-28(20-7-5-4-6-8-20,21-9-13-23(30-2)14-10-21)22-11-15-24(31-3)16-12-22/h4-16,19,25-26,29H,17-18H2,1-3H3/t19-,25+,26?,27+/m0/s1. The molecule has 2 heterocycles.